The van der Waals surface area contributed by atoms with Crippen LogP contribution in [0, 0.1) is 0 Å². The van der Waals surface area contributed by atoms with Gasteiger partial charge in [-0.1, -0.05) is 41.1 Å². The predicted molar refractivity (Wildman–Crippen MR) is 91.2 cm³/mol. The molecule has 0 spiro atoms. The van der Waals surface area contributed by atoms with Crippen molar-refractivity contribution < 1.29 is 9.59 Å². The van der Waals surface area contributed by atoms with Crippen LogP contribution in [0.15, 0.2) is 54.7 Å². The largest absolute Gasteiger partial charge is 0.269 e. The van der Waals surface area contributed by atoms with Crippen molar-refractivity contribution in [3.63, 3.8) is 0 Å². The van der Waals surface area contributed by atoms with Crippen molar-refractivity contribution in [1.82, 2.24) is 19.9 Å². The van der Waals surface area contributed by atoms with Crippen LogP contribution in [-0.2, 0) is 13.1 Å². The Hall–Kier alpha value is -2.99. The first-order valence-electron chi connectivity index (χ1n) is 7.70. The Morgan fingerprint density at radius 3 is 2.32 bits per heavy atom. The molecule has 124 valence electrons. The van der Waals surface area contributed by atoms with Crippen LogP contribution in [0.25, 0.3) is 0 Å². The molecule has 2 aromatic carbocycles. The van der Waals surface area contributed by atoms with Gasteiger partial charge >= 0.3 is 0 Å². The summed E-state index contributed by atoms with van der Waals surface area (Å²) in [6.07, 6.45) is 1.73. The van der Waals surface area contributed by atoms with E-state index in [2.05, 4.69) is 10.3 Å². The summed E-state index contributed by atoms with van der Waals surface area (Å²) in [7, 11) is 0. The molecule has 2 amide bonds. The number of carbonyl (C=O) groups is 2. The van der Waals surface area contributed by atoms with Crippen LogP contribution >= 0.6 is 11.6 Å². The Kier molecular flexibility index (Phi) is 3.82. The highest BCUT2D eigenvalue weighted by Gasteiger charge is 2.35. The minimum Gasteiger partial charge on any atom is -0.269 e. The van der Waals surface area contributed by atoms with Crippen molar-refractivity contribution >= 4 is 23.4 Å². The average molecular weight is 353 g/mol. The zero-order valence-electron chi connectivity index (χ0n) is 13.1. The summed E-state index contributed by atoms with van der Waals surface area (Å²) in [6.45, 7) is 0.609. The SMILES string of the molecule is O=C1c2ccccc2C(=O)N1Cc1cn(Cc2cccc(Cl)c2)nn1. The van der Waals surface area contributed by atoms with Crippen molar-refractivity contribution in [3.8, 4) is 0 Å². The van der Waals surface area contributed by atoms with E-state index >= 15 is 0 Å². The van der Waals surface area contributed by atoms with Crippen LogP contribution in [0.2, 0.25) is 5.02 Å². The molecule has 2 heterocycles. The second kappa shape index (κ2) is 6.14. The van der Waals surface area contributed by atoms with Crippen LogP contribution in [0.4, 0.5) is 0 Å². The third-order valence-electron chi connectivity index (χ3n) is 4.02. The maximum atomic E-state index is 12.4. The number of hydrogen-bond acceptors (Lipinski definition) is 4. The van der Waals surface area contributed by atoms with E-state index in [0.29, 0.717) is 28.4 Å². The number of imide groups is 1. The second-order valence-electron chi connectivity index (χ2n) is 5.78. The van der Waals surface area contributed by atoms with Gasteiger partial charge in [-0.2, -0.15) is 0 Å². The first-order chi connectivity index (χ1) is 12.1. The molecule has 0 radical (unpaired) electrons. The van der Waals surface area contributed by atoms with Gasteiger partial charge in [0.2, 0.25) is 0 Å². The van der Waals surface area contributed by atoms with Crippen LogP contribution < -0.4 is 0 Å². The normalized spacial score (nSPS) is 13.4. The predicted octanol–water partition coefficient (Wildman–Crippen LogP) is 2.78. The van der Waals surface area contributed by atoms with Crippen molar-refractivity contribution in [2.75, 3.05) is 0 Å². The molecule has 1 aromatic heterocycles. The molecule has 3 aromatic rings. The number of amides is 2. The molecule has 0 saturated heterocycles. The Bertz CT molecular complexity index is 947. The lowest BCUT2D eigenvalue weighted by Gasteiger charge is -2.11. The topological polar surface area (TPSA) is 68.1 Å². The highest BCUT2D eigenvalue weighted by molar-refractivity contribution is 6.30. The van der Waals surface area contributed by atoms with Gasteiger partial charge in [0.1, 0.15) is 5.69 Å². The van der Waals surface area contributed by atoms with Gasteiger partial charge in [0.15, 0.2) is 0 Å². The van der Waals surface area contributed by atoms with Gasteiger partial charge < -0.3 is 0 Å². The molecular formula is C18H13ClN4O2. The smallest absolute Gasteiger partial charge is 0.261 e. The summed E-state index contributed by atoms with van der Waals surface area (Å²) in [4.78, 5) is 26.0. The Morgan fingerprint density at radius 1 is 0.920 bits per heavy atom. The molecule has 6 nitrogen and oxygen atoms in total. The van der Waals surface area contributed by atoms with E-state index in [-0.39, 0.29) is 18.4 Å². The fraction of sp³-hybridized carbons (Fsp3) is 0.111. The summed E-state index contributed by atoms with van der Waals surface area (Å²) in [5, 5.41) is 8.78. The standard InChI is InChI=1S/C18H13ClN4O2/c19-13-5-3-4-12(8-13)9-22-10-14(20-21-22)11-23-17(24)15-6-1-2-7-16(15)18(23)25/h1-8,10H,9,11H2. The Labute approximate surface area is 148 Å². The van der Waals surface area contributed by atoms with Crippen molar-refractivity contribution in [3.05, 3.63) is 82.1 Å². The minimum atomic E-state index is -0.301. The number of aromatic nitrogens is 3. The highest BCUT2D eigenvalue weighted by atomic mass is 35.5. The molecule has 1 aliphatic rings. The summed E-state index contributed by atoms with van der Waals surface area (Å²) in [5.41, 5.74) is 2.40. The van der Waals surface area contributed by atoms with Crippen LogP contribution in [0.5, 0.6) is 0 Å². The molecule has 0 fully saturated rings. The first-order valence-corrected chi connectivity index (χ1v) is 8.08. The molecule has 0 aliphatic carbocycles. The van der Waals surface area contributed by atoms with E-state index in [1.807, 2.05) is 18.2 Å². The number of halogens is 1. The highest BCUT2D eigenvalue weighted by Crippen LogP contribution is 2.23. The van der Waals surface area contributed by atoms with E-state index < -0.39 is 0 Å². The zero-order chi connectivity index (χ0) is 17.4. The maximum absolute atomic E-state index is 12.4. The third-order valence-corrected chi connectivity index (χ3v) is 4.25. The van der Waals surface area contributed by atoms with Gasteiger partial charge in [-0.25, -0.2) is 4.68 Å². The van der Waals surface area contributed by atoms with Crippen LogP contribution in [-0.4, -0.2) is 31.7 Å². The van der Waals surface area contributed by atoms with Gasteiger partial charge in [-0.3, -0.25) is 14.5 Å². The molecule has 4 rings (SSSR count). The lowest BCUT2D eigenvalue weighted by atomic mass is 10.1. The van der Waals surface area contributed by atoms with E-state index in [1.165, 1.54) is 4.90 Å². The lowest BCUT2D eigenvalue weighted by molar-refractivity contribution is 0.0640. The van der Waals surface area contributed by atoms with Crippen molar-refractivity contribution in [2.24, 2.45) is 0 Å². The summed E-state index contributed by atoms with van der Waals surface area (Å²) < 4.78 is 1.65. The van der Waals surface area contributed by atoms with Crippen LogP contribution in [0.1, 0.15) is 32.0 Å². The second-order valence-corrected chi connectivity index (χ2v) is 6.22. The minimum absolute atomic E-state index is 0.0991. The number of carbonyl (C=O) groups excluding carboxylic acids is 2. The number of fused-ring (bicyclic) bond motifs is 1. The molecule has 25 heavy (non-hydrogen) atoms. The van der Waals surface area contributed by atoms with Gasteiger partial charge in [0.25, 0.3) is 11.8 Å². The van der Waals surface area contributed by atoms with Gasteiger partial charge in [0.05, 0.1) is 30.4 Å². The molecule has 0 atom stereocenters. The van der Waals surface area contributed by atoms with Crippen molar-refractivity contribution in [2.45, 2.75) is 13.1 Å². The van der Waals surface area contributed by atoms with Crippen molar-refractivity contribution in [1.29, 1.82) is 0 Å². The fourth-order valence-corrected chi connectivity index (χ4v) is 3.07. The number of hydrogen-bond donors (Lipinski definition) is 0. The summed E-state index contributed by atoms with van der Waals surface area (Å²) >= 11 is 5.98. The molecule has 7 heteroatoms. The van der Waals surface area contributed by atoms with E-state index in [4.69, 9.17) is 11.6 Å². The maximum Gasteiger partial charge on any atom is 0.261 e. The molecular weight excluding hydrogens is 340 g/mol. The Balaban J connectivity index is 1.51. The lowest BCUT2D eigenvalue weighted by Crippen LogP contribution is -2.29. The number of rotatable bonds is 4. The third kappa shape index (κ3) is 2.92. The first kappa shape index (κ1) is 15.5. The van der Waals surface area contributed by atoms with E-state index in [9.17, 15) is 9.59 Å². The molecule has 0 N–H and O–H groups in total. The summed E-state index contributed by atoms with van der Waals surface area (Å²) in [6, 6.07) is 14.3. The fourth-order valence-electron chi connectivity index (χ4n) is 2.86. The molecule has 0 saturated carbocycles. The molecule has 0 bridgehead atoms. The molecule has 1 aliphatic heterocycles. The quantitative estimate of drug-likeness (QED) is 0.677. The van der Waals surface area contributed by atoms with Crippen LogP contribution in [0.3, 0.4) is 0 Å². The summed E-state index contributed by atoms with van der Waals surface area (Å²) in [5.74, 6) is -0.602. The Morgan fingerprint density at radius 2 is 1.64 bits per heavy atom. The number of benzene rings is 2. The monoisotopic (exact) mass is 352 g/mol. The van der Waals surface area contributed by atoms with Gasteiger partial charge in [0, 0.05) is 5.02 Å². The average Bonchev–Trinajstić information content (AvgIpc) is 3.14. The van der Waals surface area contributed by atoms with E-state index in [0.717, 1.165) is 5.56 Å². The zero-order valence-corrected chi connectivity index (χ0v) is 13.8. The van der Waals surface area contributed by atoms with Gasteiger partial charge in [-0.15, -0.1) is 5.10 Å². The number of nitrogens with zero attached hydrogens (tertiary/aromatic N) is 4. The molecule has 0 unspecified atom stereocenters. The van der Waals surface area contributed by atoms with E-state index in [1.54, 1.807) is 41.2 Å². The van der Waals surface area contributed by atoms with Gasteiger partial charge in [-0.05, 0) is 29.8 Å².